The Bertz CT molecular complexity index is 312. The van der Waals surface area contributed by atoms with E-state index in [9.17, 15) is 9.59 Å². The van der Waals surface area contributed by atoms with E-state index in [-0.39, 0.29) is 12.3 Å². The molecule has 1 aliphatic carbocycles. The first-order chi connectivity index (χ1) is 9.60. The van der Waals surface area contributed by atoms with Crippen molar-refractivity contribution in [2.45, 2.75) is 70.3 Å². The molecule has 0 aromatic heterocycles. The van der Waals surface area contributed by atoms with E-state index in [2.05, 4.69) is 10.6 Å². The number of amides is 1. The van der Waals surface area contributed by atoms with Crippen LogP contribution >= 0.6 is 0 Å². The van der Waals surface area contributed by atoms with Gasteiger partial charge in [-0.1, -0.05) is 26.2 Å². The van der Waals surface area contributed by atoms with E-state index in [1.807, 2.05) is 6.92 Å². The standard InChI is InChI=1S/C15H28N2O3/c1-2-11-16-14(20)15(9-5-3-6-10-15)17-12-7-4-8-13(18)19/h17H,2-12H2,1H3,(H,16,20)(H,18,19). The average Bonchev–Trinajstić information content (AvgIpc) is 2.45. The molecule has 5 nitrogen and oxygen atoms in total. The lowest BCUT2D eigenvalue weighted by Crippen LogP contribution is -2.58. The molecule has 116 valence electrons. The highest BCUT2D eigenvalue weighted by atomic mass is 16.4. The van der Waals surface area contributed by atoms with Crippen molar-refractivity contribution in [2.24, 2.45) is 0 Å². The number of hydrogen-bond donors (Lipinski definition) is 3. The van der Waals surface area contributed by atoms with Crippen LogP contribution in [0.5, 0.6) is 0 Å². The molecule has 1 rings (SSSR count). The Labute approximate surface area is 121 Å². The first-order valence-electron chi connectivity index (χ1n) is 7.86. The maximum atomic E-state index is 12.4. The molecule has 1 saturated carbocycles. The monoisotopic (exact) mass is 284 g/mol. The van der Waals surface area contributed by atoms with Crippen LogP contribution in [0.15, 0.2) is 0 Å². The first kappa shape index (κ1) is 17.0. The third kappa shape index (κ3) is 5.49. The van der Waals surface area contributed by atoms with E-state index >= 15 is 0 Å². The minimum absolute atomic E-state index is 0.122. The zero-order valence-electron chi connectivity index (χ0n) is 12.5. The van der Waals surface area contributed by atoms with Crippen LogP contribution in [0.1, 0.15) is 64.7 Å². The summed E-state index contributed by atoms with van der Waals surface area (Å²) in [6.07, 6.45) is 7.76. The summed E-state index contributed by atoms with van der Waals surface area (Å²) in [7, 11) is 0. The Morgan fingerprint density at radius 1 is 1.10 bits per heavy atom. The fraction of sp³-hybridized carbons (Fsp3) is 0.867. The fourth-order valence-electron chi connectivity index (χ4n) is 2.78. The molecule has 0 aliphatic heterocycles. The molecule has 0 radical (unpaired) electrons. The molecule has 0 heterocycles. The SMILES string of the molecule is CCCNC(=O)C1(NCCCCC(=O)O)CCCCC1. The van der Waals surface area contributed by atoms with E-state index in [4.69, 9.17) is 5.11 Å². The highest BCUT2D eigenvalue weighted by Gasteiger charge is 2.38. The molecular weight excluding hydrogens is 256 g/mol. The van der Waals surface area contributed by atoms with Crippen LogP contribution in [-0.2, 0) is 9.59 Å². The van der Waals surface area contributed by atoms with Crippen molar-refractivity contribution in [3.8, 4) is 0 Å². The van der Waals surface area contributed by atoms with Gasteiger partial charge in [0.05, 0.1) is 5.54 Å². The summed E-state index contributed by atoms with van der Waals surface area (Å²) in [6, 6.07) is 0. The van der Waals surface area contributed by atoms with Crippen molar-refractivity contribution >= 4 is 11.9 Å². The van der Waals surface area contributed by atoms with Gasteiger partial charge in [0.1, 0.15) is 0 Å². The van der Waals surface area contributed by atoms with Gasteiger partial charge < -0.3 is 15.7 Å². The van der Waals surface area contributed by atoms with Crippen LogP contribution in [0.2, 0.25) is 0 Å². The van der Waals surface area contributed by atoms with E-state index < -0.39 is 11.5 Å². The average molecular weight is 284 g/mol. The molecule has 1 fully saturated rings. The number of rotatable bonds is 9. The number of carboxylic acid groups (broad SMARTS) is 1. The van der Waals surface area contributed by atoms with E-state index in [0.717, 1.165) is 45.1 Å². The second kappa shape index (κ2) is 8.95. The second-order valence-corrected chi connectivity index (χ2v) is 5.68. The number of carbonyl (C=O) groups excluding carboxylic acids is 1. The molecule has 0 aromatic rings. The van der Waals surface area contributed by atoms with Crippen LogP contribution in [-0.4, -0.2) is 35.6 Å². The predicted molar refractivity (Wildman–Crippen MR) is 78.6 cm³/mol. The fourth-order valence-corrected chi connectivity index (χ4v) is 2.78. The molecule has 0 aromatic carbocycles. The summed E-state index contributed by atoms with van der Waals surface area (Å²) >= 11 is 0. The molecule has 5 heteroatoms. The minimum atomic E-state index is -0.752. The predicted octanol–water partition coefficient (Wildman–Crippen LogP) is 2.06. The third-order valence-corrected chi connectivity index (χ3v) is 3.96. The number of carbonyl (C=O) groups is 2. The summed E-state index contributed by atoms with van der Waals surface area (Å²) in [4.78, 5) is 22.9. The van der Waals surface area contributed by atoms with Gasteiger partial charge in [-0.3, -0.25) is 9.59 Å². The molecule has 20 heavy (non-hydrogen) atoms. The van der Waals surface area contributed by atoms with Crippen molar-refractivity contribution in [1.82, 2.24) is 10.6 Å². The van der Waals surface area contributed by atoms with Gasteiger partial charge in [-0.2, -0.15) is 0 Å². The van der Waals surface area contributed by atoms with Crippen LogP contribution in [0.3, 0.4) is 0 Å². The van der Waals surface area contributed by atoms with E-state index in [1.54, 1.807) is 0 Å². The highest BCUT2D eigenvalue weighted by Crippen LogP contribution is 2.28. The van der Waals surface area contributed by atoms with Gasteiger partial charge in [-0.15, -0.1) is 0 Å². The van der Waals surface area contributed by atoms with E-state index in [0.29, 0.717) is 13.0 Å². The molecule has 0 bridgehead atoms. The molecule has 0 saturated heterocycles. The summed E-state index contributed by atoms with van der Waals surface area (Å²) in [6.45, 7) is 3.49. The lowest BCUT2D eigenvalue weighted by Gasteiger charge is -2.37. The molecule has 3 N–H and O–H groups in total. The van der Waals surface area contributed by atoms with Gasteiger partial charge in [0.2, 0.25) is 5.91 Å². The maximum absolute atomic E-state index is 12.4. The van der Waals surface area contributed by atoms with Crippen LogP contribution in [0, 0.1) is 0 Å². The molecule has 0 atom stereocenters. The Hall–Kier alpha value is -1.10. The van der Waals surface area contributed by atoms with Gasteiger partial charge in [0, 0.05) is 13.0 Å². The largest absolute Gasteiger partial charge is 0.481 e. The van der Waals surface area contributed by atoms with Crippen molar-refractivity contribution in [2.75, 3.05) is 13.1 Å². The van der Waals surface area contributed by atoms with Crippen molar-refractivity contribution in [3.05, 3.63) is 0 Å². The summed E-state index contributed by atoms with van der Waals surface area (Å²) in [5.74, 6) is -0.629. The normalized spacial score (nSPS) is 17.6. The highest BCUT2D eigenvalue weighted by molar-refractivity contribution is 5.86. The van der Waals surface area contributed by atoms with Crippen molar-refractivity contribution in [1.29, 1.82) is 0 Å². The number of hydrogen-bond acceptors (Lipinski definition) is 3. The third-order valence-electron chi connectivity index (χ3n) is 3.96. The smallest absolute Gasteiger partial charge is 0.303 e. The summed E-state index contributed by atoms with van der Waals surface area (Å²) < 4.78 is 0. The van der Waals surface area contributed by atoms with Gasteiger partial charge in [0.15, 0.2) is 0 Å². The van der Waals surface area contributed by atoms with Crippen LogP contribution in [0.4, 0.5) is 0 Å². The zero-order valence-corrected chi connectivity index (χ0v) is 12.5. The van der Waals surface area contributed by atoms with Crippen LogP contribution < -0.4 is 10.6 Å². The first-order valence-corrected chi connectivity index (χ1v) is 7.86. The topological polar surface area (TPSA) is 78.4 Å². The maximum Gasteiger partial charge on any atom is 0.303 e. The summed E-state index contributed by atoms with van der Waals surface area (Å²) in [5.41, 5.74) is -0.420. The van der Waals surface area contributed by atoms with Crippen molar-refractivity contribution in [3.63, 3.8) is 0 Å². The number of aliphatic carboxylic acids is 1. The number of unbranched alkanes of at least 4 members (excludes halogenated alkanes) is 1. The molecular formula is C15H28N2O3. The van der Waals surface area contributed by atoms with Crippen LogP contribution in [0.25, 0.3) is 0 Å². The van der Waals surface area contributed by atoms with E-state index in [1.165, 1.54) is 6.42 Å². The quantitative estimate of drug-likeness (QED) is 0.566. The number of carboxylic acids is 1. The molecule has 1 amide bonds. The Balaban J connectivity index is 2.42. The molecule has 0 unspecified atom stereocenters. The minimum Gasteiger partial charge on any atom is -0.481 e. The molecule has 1 aliphatic rings. The Morgan fingerprint density at radius 3 is 2.40 bits per heavy atom. The van der Waals surface area contributed by atoms with Gasteiger partial charge >= 0.3 is 5.97 Å². The van der Waals surface area contributed by atoms with Gasteiger partial charge in [0.25, 0.3) is 0 Å². The Morgan fingerprint density at radius 2 is 1.80 bits per heavy atom. The van der Waals surface area contributed by atoms with Gasteiger partial charge in [-0.25, -0.2) is 0 Å². The lowest BCUT2D eigenvalue weighted by atomic mass is 9.80. The van der Waals surface area contributed by atoms with Gasteiger partial charge in [-0.05, 0) is 38.6 Å². The lowest BCUT2D eigenvalue weighted by molar-refractivity contribution is -0.137. The summed E-state index contributed by atoms with van der Waals surface area (Å²) in [5, 5.41) is 15.0. The van der Waals surface area contributed by atoms with Crippen molar-refractivity contribution < 1.29 is 14.7 Å². The second-order valence-electron chi connectivity index (χ2n) is 5.68. The number of nitrogens with one attached hydrogen (secondary N) is 2. The Kier molecular flexibility index (Phi) is 7.59. The zero-order chi connectivity index (χ0) is 14.8. The molecule has 0 spiro atoms.